The molecule has 0 aliphatic carbocycles. The number of para-hydroxylation sites is 1. The van der Waals surface area contributed by atoms with Gasteiger partial charge in [0.25, 0.3) is 0 Å². The van der Waals surface area contributed by atoms with Crippen LogP contribution in [0, 0.1) is 13.8 Å². The highest BCUT2D eigenvalue weighted by Gasteiger charge is 2.09. The van der Waals surface area contributed by atoms with Gasteiger partial charge >= 0.3 is 0 Å². The first kappa shape index (κ1) is 12.9. The van der Waals surface area contributed by atoms with E-state index in [1.807, 2.05) is 43.6 Å². The molecule has 0 aliphatic heterocycles. The summed E-state index contributed by atoms with van der Waals surface area (Å²) in [7, 11) is 0. The van der Waals surface area contributed by atoms with E-state index in [0.717, 1.165) is 24.4 Å². The number of furan rings is 1. The number of nitrogens with zero attached hydrogens (tertiary/aromatic N) is 1. The van der Waals surface area contributed by atoms with Crippen LogP contribution in [0.4, 0.5) is 0 Å². The Hall–Kier alpha value is -2.13. The Morgan fingerprint density at radius 2 is 1.95 bits per heavy atom. The molecule has 0 bridgehead atoms. The largest absolute Gasteiger partial charge is 0.461 e. The van der Waals surface area contributed by atoms with Gasteiger partial charge in [0.05, 0.1) is 0 Å². The van der Waals surface area contributed by atoms with Gasteiger partial charge in [-0.1, -0.05) is 18.2 Å². The summed E-state index contributed by atoms with van der Waals surface area (Å²) in [5.74, 6) is 0.988. The number of aryl methyl sites for hydroxylation is 2. The summed E-state index contributed by atoms with van der Waals surface area (Å²) in [6, 6.07) is 10.2. The Morgan fingerprint density at radius 3 is 2.80 bits per heavy atom. The minimum Gasteiger partial charge on any atom is -0.461 e. The molecule has 102 valence electrons. The van der Waals surface area contributed by atoms with Crippen LogP contribution in [0.1, 0.15) is 22.5 Å². The summed E-state index contributed by atoms with van der Waals surface area (Å²) in [6.07, 6.45) is 3.75. The third-order valence-electron chi connectivity index (χ3n) is 3.66. The van der Waals surface area contributed by atoms with E-state index in [0.29, 0.717) is 0 Å². The van der Waals surface area contributed by atoms with Gasteiger partial charge in [-0.15, -0.1) is 0 Å². The average Bonchev–Trinajstić information content (AvgIpc) is 2.77. The third-order valence-corrected chi connectivity index (χ3v) is 3.66. The van der Waals surface area contributed by atoms with Gasteiger partial charge < -0.3 is 9.73 Å². The smallest absolute Gasteiger partial charge is 0.134 e. The van der Waals surface area contributed by atoms with Crippen molar-refractivity contribution >= 4 is 11.0 Å². The summed E-state index contributed by atoms with van der Waals surface area (Å²) < 4.78 is 5.77. The Kier molecular flexibility index (Phi) is 3.52. The van der Waals surface area contributed by atoms with Crippen LogP contribution in [0.2, 0.25) is 0 Å². The second-order valence-electron chi connectivity index (χ2n) is 5.04. The predicted molar refractivity (Wildman–Crippen MR) is 80.5 cm³/mol. The van der Waals surface area contributed by atoms with Crippen molar-refractivity contribution in [2.45, 2.75) is 26.9 Å². The Balaban J connectivity index is 1.74. The second-order valence-corrected chi connectivity index (χ2v) is 5.04. The van der Waals surface area contributed by atoms with Crippen LogP contribution in [0.5, 0.6) is 0 Å². The average molecular weight is 266 g/mol. The van der Waals surface area contributed by atoms with E-state index in [1.165, 1.54) is 22.1 Å². The van der Waals surface area contributed by atoms with Crippen molar-refractivity contribution in [1.82, 2.24) is 10.3 Å². The summed E-state index contributed by atoms with van der Waals surface area (Å²) in [4.78, 5) is 4.17. The van der Waals surface area contributed by atoms with Crippen molar-refractivity contribution in [3.63, 3.8) is 0 Å². The summed E-state index contributed by atoms with van der Waals surface area (Å²) >= 11 is 0. The lowest BCUT2D eigenvalue weighted by Crippen LogP contribution is -2.14. The van der Waals surface area contributed by atoms with E-state index in [4.69, 9.17) is 4.42 Å². The molecule has 0 saturated heterocycles. The van der Waals surface area contributed by atoms with Gasteiger partial charge in [-0.2, -0.15) is 0 Å². The van der Waals surface area contributed by atoms with Crippen molar-refractivity contribution < 1.29 is 4.42 Å². The van der Waals surface area contributed by atoms with Crippen LogP contribution in [-0.4, -0.2) is 4.98 Å². The van der Waals surface area contributed by atoms with E-state index in [9.17, 15) is 0 Å². The maximum Gasteiger partial charge on any atom is 0.134 e. The van der Waals surface area contributed by atoms with E-state index in [-0.39, 0.29) is 0 Å². The number of rotatable bonds is 4. The summed E-state index contributed by atoms with van der Waals surface area (Å²) in [5.41, 5.74) is 4.70. The van der Waals surface area contributed by atoms with E-state index in [1.54, 1.807) is 0 Å². The number of fused-ring (bicyclic) bond motifs is 1. The van der Waals surface area contributed by atoms with Crippen LogP contribution >= 0.6 is 0 Å². The van der Waals surface area contributed by atoms with Crippen molar-refractivity contribution in [2.24, 2.45) is 0 Å². The monoisotopic (exact) mass is 266 g/mol. The van der Waals surface area contributed by atoms with Gasteiger partial charge in [-0.05, 0) is 37.1 Å². The number of nitrogens with one attached hydrogen (secondary N) is 1. The molecule has 2 aromatic heterocycles. The number of benzene rings is 1. The minimum absolute atomic E-state index is 0.803. The highest BCUT2D eigenvalue weighted by Crippen LogP contribution is 2.25. The van der Waals surface area contributed by atoms with Crippen molar-refractivity contribution in [3.8, 4) is 0 Å². The van der Waals surface area contributed by atoms with Crippen LogP contribution in [0.15, 0.2) is 47.1 Å². The quantitative estimate of drug-likeness (QED) is 0.782. The molecule has 1 aromatic carbocycles. The molecule has 0 unspecified atom stereocenters. The van der Waals surface area contributed by atoms with Gasteiger partial charge in [0.2, 0.25) is 0 Å². The number of hydrogen-bond donors (Lipinski definition) is 1. The lowest BCUT2D eigenvalue weighted by Gasteiger charge is -2.07. The standard InChI is InChI=1S/C17H18N2O/c1-12-7-8-18-9-14(12)10-19-11-16-13(2)20-17-6-4-3-5-15(16)17/h3-9,19H,10-11H2,1-2H3. The topological polar surface area (TPSA) is 38.1 Å². The zero-order valence-corrected chi connectivity index (χ0v) is 11.8. The fourth-order valence-electron chi connectivity index (χ4n) is 2.44. The Morgan fingerprint density at radius 1 is 1.10 bits per heavy atom. The lowest BCUT2D eigenvalue weighted by molar-refractivity contribution is 0.565. The maximum atomic E-state index is 5.77. The summed E-state index contributed by atoms with van der Waals surface area (Å²) in [5, 5.41) is 4.67. The first-order valence-corrected chi connectivity index (χ1v) is 6.83. The predicted octanol–water partition coefficient (Wildman–Crippen LogP) is 3.73. The van der Waals surface area contributed by atoms with Crippen LogP contribution in [0.25, 0.3) is 11.0 Å². The molecule has 20 heavy (non-hydrogen) atoms. The normalized spacial score (nSPS) is 11.1. The summed E-state index contributed by atoms with van der Waals surface area (Å²) in [6.45, 7) is 5.75. The molecule has 0 radical (unpaired) electrons. The van der Waals surface area contributed by atoms with Gasteiger partial charge in [0.1, 0.15) is 11.3 Å². The Bertz CT molecular complexity index is 731. The molecule has 2 heterocycles. The SMILES string of the molecule is Cc1ccncc1CNCc1c(C)oc2ccccc12. The van der Waals surface area contributed by atoms with E-state index < -0.39 is 0 Å². The molecule has 0 saturated carbocycles. The first-order valence-electron chi connectivity index (χ1n) is 6.83. The molecule has 3 rings (SSSR count). The molecule has 0 atom stereocenters. The molecule has 0 fully saturated rings. The molecule has 3 heteroatoms. The van der Waals surface area contributed by atoms with Crippen LogP contribution < -0.4 is 5.32 Å². The van der Waals surface area contributed by atoms with Crippen molar-refractivity contribution in [3.05, 3.63) is 65.2 Å². The zero-order chi connectivity index (χ0) is 13.9. The molecule has 0 amide bonds. The molecule has 0 spiro atoms. The molecular weight excluding hydrogens is 248 g/mol. The Labute approximate surface area is 118 Å². The fourth-order valence-corrected chi connectivity index (χ4v) is 2.44. The highest BCUT2D eigenvalue weighted by atomic mass is 16.3. The molecule has 1 N–H and O–H groups in total. The third kappa shape index (κ3) is 2.45. The molecular formula is C17H18N2O. The number of pyridine rings is 1. The minimum atomic E-state index is 0.803. The second kappa shape index (κ2) is 5.47. The lowest BCUT2D eigenvalue weighted by atomic mass is 10.1. The first-order chi connectivity index (χ1) is 9.75. The molecule has 0 aliphatic rings. The van der Waals surface area contributed by atoms with Crippen molar-refractivity contribution in [2.75, 3.05) is 0 Å². The number of hydrogen-bond acceptors (Lipinski definition) is 3. The number of aromatic nitrogens is 1. The maximum absolute atomic E-state index is 5.77. The van der Waals surface area contributed by atoms with Gasteiger partial charge in [-0.3, -0.25) is 4.98 Å². The fraction of sp³-hybridized carbons (Fsp3) is 0.235. The van der Waals surface area contributed by atoms with Gasteiger partial charge in [-0.25, -0.2) is 0 Å². The van der Waals surface area contributed by atoms with Crippen LogP contribution in [-0.2, 0) is 13.1 Å². The van der Waals surface area contributed by atoms with Gasteiger partial charge in [0, 0.05) is 36.4 Å². The van der Waals surface area contributed by atoms with Gasteiger partial charge in [0.15, 0.2) is 0 Å². The van der Waals surface area contributed by atoms with E-state index >= 15 is 0 Å². The van der Waals surface area contributed by atoms with Crippen LogP contribution in [0.3, 0.4) is 0 Å². The van der Waals surface area contributed by atoms with E-state index in [2.05, 4.69) is 23.3 Å². The highest BCUT2D eigenvalue weighted by molar-refractivity contribution is 5.82. The zero-order valence-electron chi connectivity index (χ0n) is 11.8. The molecule has 3 nitrogen and oxygen atoms in total. The molecule has 3 aromatic rings. The van der Waals surface area contributed by atoms with Crippen molar-refractivity contribution in [1.29, 1.82) is 0 Å².